The molecular weight excluding hydrogens is 368 g/mol. The molecule has 1 aromatic carbocycles. The highest BCUT2D eigenvalue weighted by Crippen LogP contribution is 2.21. The molecule has 0 saturated heterocycles. The van der Waals surface area contributed by atoms with Crippen LogP contribution in [0.5, 0.6) is 0 Å². The summed E-state index contributed by atoms with van der Waals surface area (Å²) >= 11 is 0. The van der Waals surface area contributed by atoms with Crippen molar-refractivity contribution in [3.05, 3.63) is 52.8 Å². The standard InChI is InChI=1S/C19H24N2O5S/c1-5-21(27(24,25)15-10-8-7-9-11-15)12-16(22)17-13(3)18(20-14(17)4)19(23)26-6-2/h7-11,20H,5-6,12H2,1-4H3. The van der Waals surface area contributed by atoms with E-state index in [1.807, 2.05) is 0 Å². The van der Waals surface area contributed by atoms with Crippen molar-refractivity contribution in [3.8, 4) is 0 Å². The average molecular weight is 392 g/mol. The number of aryl methyl sites for hydroxylation is 1. The zero-order valence-corrected chi connectivity index (χ0v) is 16.7. The predicted octanol–water partition coefficient (Wildman–Crippen LogP) is 2.70. The first-order valence-electron chi connectivity index (χ1n) is 8.68. The van der Waals surface area contributed by atoms with Crippen LogP contribution in [0.1, 0.15) is 46.0 Å². The van der Waals surface area contributed by atoms with E-state index in [2.05, 4.69) is 4.98 Å². The highest BCUT2D eigenvalue weighted by molar-refractivity contribution is 7.89. The summed E-state index contributed by atoms with van der Waals surface area (Å²) in [7, 11) is -3.79. The van der Waals surface area contributed by atoms with Crippen molar-refractivity contribution in [1.29, 1.82) is 0 Å². The molecule has 0 unspecified atom stereocenters. The van der Waals surface area contributed by atoms with Gasteiger partial charge in [-0.2, -0.15) is 4.31 Å². The van der Waals surface area contributed by atoms with Crippen LogP contribution in [-0.2, 0) is 14.8 Å². The van der Waals surface area contributed by atoms with Crippen LogP contribution in [0.4, 0.5) is 0 Å². The van der Waals surface area contributed by atoms with E-state index >= 15 is 0 Å². The summed E-state index contributed by atoms with van der Waals surface area (Å²) in [5.41, 5.74) is 1.50. The number of carbonyl (C=O) groups is 2. The Kier molecular flexibility index (Phi) is 6.56. The predicted molar refractivity (Wildman–Crippen MR) is 101 cm³/mol. The molecule has 0 radical (unpaired) electrons. The molecule has 0 atom stereocenters. The van der Waals surface area contributed by atoms with Gasteiger partial charge in [0.1, 0.15) is 5.69 Å². The van der Waals surface area contributed by atoms with Crippen molar-refractivity contribution < 1.29 is 22.7 Å². The quantitative estimate of drug-likeness (QED) is 0.550. The second kappa shape index (κ2) is 8.49. The van der Waals surface area contributed by atoms with Gasteiger partial charge < -0.3 is 9.72 Å². The molecule has 0 spiro atoms. The van der Waals surface area contributed by atoms with Gasteiger partial charge in [-0.15, -0.1) is 0 Å². The largest absolute Gasteiger partial charge is 0.461 e. The normalized spacial score (nSPS) is 11.6. The van der Waals surface area contributed by atoms with Crippen LogP contribution in [0, 0.1) is 13.8 Å². The van der Waals surface area contributed by atoms with E-state index in [-0.39, 0.29) is 36.1 Å². The number of rotatable bonds is 8. The second-order valence-corrected chi connectivity index (χ2v) is 7.95. The fourth-order valence-electron chi connectivity index (χ4n) is 2.92. The molecule has 0 amide bonds. The molecule has 1 aromatic heterocycles. The Hall–Kier alpha value is -2.45. The lowest BCUT2D eigenvalue weighted by Crippen LogP contribution is -2.35. The summed E-state index contributed by atoms with van der Waals surface area (Å²) in [4.78, 5) is 27.9. The summed E-state index contributed by atoms with van der Waals surface area (Å²) < 4.78 is 31.7. The van der Waals surface area contributed by atoms with Gasteiger partial charge in [-0.1, -0.05) is 25.1 Å². The number of carbonyl (C=O) groups excluding carboxylic acids is 2. The molecule has 2 aromatic rings. The number of likely N-dealkylation sites (N-methyl/N-ethyl adjacent to an activating group) is 1. The van der Waals surface area contributed by atoms with Gasteiger partial charge in [0.25, 0.3) is 0 Å². The van der Waals surface area contributed by atoms with Crippen molar-refractivity contribution in [3.63, 3.8) is 0 Å². The van der Waals surface area contributed by atoms with E-state index in [0.29, 0.717) is 16.8 Å². The summed E-state index contributed by atoms with van der Waals surface area (Å²) in [6.07, 6.45) is 0. The molecule has 0 fully saturated rings. The number of benzene rings is 1. The maximum Gasteiger partial charge on any atom is 0.355 e. The van der Waals surface area contributed by atoms with Crippen molar-refractivity contribution >= 4 is 21.8 Å². The van der Waals surface area contributed by atoms with Crippen LogP contribution in [0.3, 0.4) is 0 Å². The van der Waals surface area contributed by atoms with Gasteiger partial charge in [-0.3, -0.25) is 4.79 Å². The minimum Gasteiger partial charge on any atom is -0.461 e. The maximum atomic E-state index is 12.8. The van der Waals surface area contributed by atoms with E-state index < -0.39 is 16.0 Å². The molecule has 27 heavy (non-hydrogen) atoms. The Labute approximate surface area is 159 Å². The molecule has 0 saturated carbocycles. The van der Waals surface area contributed by atoms with Crippen molar-refractivity contribution in [2.24, 2.45) is 0 Å². The SMILES string of the molecule is CCOC(=O)c1[nH]c(C)c(C(=O)CN(CC)S(=O)(=O)c2ccccc2)c1C. The molecule has 7 nitrogen and oxygen atoms in total. The zero-order valence-electron chi connectivity index (χ0n) is 15.9. The minimum absolute atomic E-state index is 0.134. The first-order chi connectivity index (χ1) is 12.7. The van der Waals surface area contributed by atoms with E-state index in [9.17, 15) is 18.0 Å². The highest BCUT2D eigenvalue weighted by atomic mass is 32.2. The smallest absolute Gasteiger partial charge is 0.355 e. The Morgan fingerprint density at radius 3 is 2.30 bits per heavy atom. The third-order valence-electron chi connectivity index (χ3n) is 4.25. The molecule has 8 heteroatoms. The minimum atomic E-state index is -3.79. The number of H-pyrrole nitrogens is 1. The van der Waals surface area contributed by atoms with Gasteiger partial charge in [-0.25, -0.2) is 13.2 Å². The number of aromatic nitrogens is 1. The molecule has 1 N–H and O–H groups in total. The highest BCUT2D eigenvalue weighted by Gasteiger charge is 2.28. The van der Waals surface area contributed by atoms with Gasteiger partial charge in [-0.05, 0) is 38.5 Å². The third-order valence-corrected chi connectivity index (χ3v) is 6.18. The Morgan fingerprint density at radius 1 is 1.11 bits per heavy atom. The van der Waals surface area contributed by atoms with Crippen molar-refractivity contribution in [2.75, 3.05) is 19.7 Å². The lowest BCUT2D eigenvalue weighted by Gasteiger charge is -2.20. The molecule has 0 bridgehead atoms. The fraction of sp³-hybridized carbons (Fsp3) is 0.368. The van der Waals surface area contributed by atoms with Gasteiger partial charge in [0.15, 0.2) is 5.78 Å². The number of Topliss-reactive ketones (excluding diaryl/α,β-unsaturated/α-hetero) is 1. The molecule has 0 aliphatic heterocycles. The number of nitrogens with one attached hydrogen (secondary N) is 1. The Bertz CT molecular complexity index is 933. The molecule has 1 heterocycles. The summed E-state index contributed by atoms with van der Waals surface area (Å²) in [5.74, 6) is -0.917. The first-order valence-corrected chi connectivity index (χ1v) is 10.1. The summed E-state index contributed by atoms with van der Waals surface area (Å²) in [6.45, 7) is 6.75. The number of nitrogens with zero attached hydrogens (tertiary/aromatic N) is 1. The van der Waals surface area contributed by atoms with Gasteiger partial charge >= 0.3 is 5.97 Å². The number of aromatic amines is 1. The number of hydrogen-bond donors (Lipinski definition) is 1. The van der Waals surface area contributed by atoms with E-state index in [1.54, 1.807) is 45.9 Å². The van der Waals surface area contributed by atoms with Gasteiger partial charge in [0, 0.05) is 17.8 Å². The molecule has 0 aliphatic carbocycles. The lowest BCUT2D eigenvalue weighted by molar-refractivity contribution is 0.0519. The van der Waals surface area contributed by atoms with Crippen LogP contribution in [0.2, 0.25) is 0 Å². The molecule has 0 aliphatic rings. The van der Waals surface area contributed by atoms with E-state index in [0.717, 1.165) is 4.31 Å². The number of hydrogen-bond acceptors (Lipinski definition) is 5. The summed E-state index contributed by atoms with van der Waals surface area (Å²) in [5, 5.41) is 0. The van der Waals surface area contributed by atoms with Crippen molar-refractivity contribution in [1.82, 2.24) is 9.29 Å². The summed E-state index contributed by atoms with van der Waals surface area (Å²) in [6, 6.07) is 7.98. The van der Waals surface area contributed by atoms with Crippen LogP contribution in [0.15, 0.2) is 35.2 Å². The number of ketones is 1. The molecular formula is C19H24N2O5S. The lowest BCUT2D eigenvalue weighted by atomic mass is 10.1. The second-order valence-electron chi connectivity index (χ2n) is 6.01. The zero-order chi connectivity index (χ0) is 20.2. The maximum absolute atomic E-state index is 12.8. The van der Waals surface area contributed by atoms with Crippen molar-refractivity contribution in [2.45, 2.75) is 32.6 Å². The van der Waals surface area contributed by atoms with E-state index in [1.165, 1.54) is 12.1 Å². The topological polar surface area (TPSA) is 96.5 Å². The van der Waals surface area contributed by atoms with E-state index in [4.69, 9.17) is 4.74 Å². The van der Waals surface area contributed by atoms with Crippen LogP contribution >= 0.6 is 0 Å². The third kappa shape index (κ3) is 4.28. The monoisotopic (exact) mass is 392 g/mol. The van der Waals surface area contributed by atoms with Crippen LogP contribution < -0.4 is 0 Å². The Morgan fingerprint density at radius 2 is 1.74 bits per heavy atom. The number of sulfonamides is 1. The number of ether oxygens (including phenoxy) is 1. The van der Waals surface area contributed by atoms with Gasteiger partial charge in [0.05, 0.1) is 18.0 Å². The molecule has 2 rings (SSSR count). The van der Waals surface area contributed by atoms with Crippen LogP contribution in [-0.4, -0.2) is 49.2 Å². The average Bonchev–Trinajstić information content (AvgIpc) is 2.94. The molecule has 146 valence electrons. The van der Waals surface area contributed by atoms with Gasteiger partial charge in [0.2, 0.25) is 10.0 Å². The fourth-order valence-corrected chi connectivity index (χ4v) is 4.35. The number of esters is 1. The Balaban J connectivity index is 2.32. The first kappa shape index (κ1) is 20.9. The van der Waals surface area contributed by atoms with Crippen LogP contribution in [0.25, 0.3) is 0 Å².